The number of hydrogen-bond donors (Lipinski definition) is 1. The van der Waals surface area contributed by atoms with E-state index in [4.69, 9.17) is 0 Å². The minimum absolute atomic E-state index is 0.553. The molecule has 0 aromatic heterocycles. The van der Waals surface area contributed by atoms with Crippen molar-refractivity contribution in [1.82, 2.24) is 4.90 Å². The zero-order valence-corrected chi connectivity index (χ0v) is 13.7. The Morgan fingerprint density at radius 1 is 1.05 bits per heavy atom. The van der Waals surface area contributed by atoms with Gasteiger partial charge in [0.2, 0.25) is 0 Å². The van der Waals surface area contributed by atoms with Crippen molar-refractivity contribution in [2.45, 2.75) is 65.0 Å². The topological polar surface area (TPSA) is 15.3 Å². The first-order valence-corrected chi connectivity index (χ1v) is 8.69. The van der Waals surface area contributed by atoms with Gasteiger partial charge in [-0.3, -0.25) is 4.90 Å². The van der Waals surface area contributed by atoms with Crippen LogP contribution in [0, 0.1) is 5.41 Å². The van der Waals surface area contributed by atoms with Crippen LogP contribution >= 0.6 is 0 Å². The van der Waals surface area contributed by atoms with Gasteiger partial charge in [0.05, 0.1) is 0 Å². The van der Waals surface area contributed by atoms with Gasteiger partial charge in [0.25, 0.3) is 0 Å². The molecule has 1 heterocycles. The van der Waals surface area contributed by atoms with Crippen LogP contribution in [0.15, 0.2) is 24.3 Å². The molecule has 116 valence electrons. The molecule has 1 aliphatic carbocycles. The minimum atomic E-state index is 0.553. The predicted octanol–water partition coefficient (Wildman–Crippen LogP) is 4.66. The van der Waals surface area contributed by atoms with Gasteiger partial charge in [-0.05, 0) is 74.7 Å². The normalized spacial score (nSPS) is 23.3. The second kappa shape index (κ2) is 6.39. The van der Waals surface area contributed by atoms with Crippen molar-refractivity contribution in [3.8, 4) is 0 Å². The lowest BCUT2D eigenvalue weighted by molar-refractivity contribution is 0.232. The number of nitrogens with zero attached hydrogens (tertiary/aromatic N) is 1. The summed E-state index contributed by atoms with van der Waals surface area (Å²) in [6, 6.07) is 9.80. The molecule has 0 atom stereocenters. The largest absolute Gasteiger partial charge is 0.382 e. The number of anilines is 1. The molecule has 2 nitrogen and oxygen atoms in total. The van der Waals surface area contributed by atoms with E-state index in [1.165, 1.54) is 62.9 Å². The highest BCUT2D eigenvalue weighted by Gasteiger charge is 2.26. The fourth-order valence-electron chi connectivity index (χ4n) is 3.68. The summed E-state index contributed by atoms with van der Waals surface area (Å²) in [6.45, 7) is 8.47. The van der Waals surface area contributed by atoms with Crippen LogP contribution < -0.4 is 5.32 Å². The van der Waals surface area contributed by atoms with Crippen molar-refractivity contribution in [2.75, 3.05) is 18.4 Å². The molecular weight excluding hydrogens is 256 g/mol. The molecule has 2 heteroatoms. The van der Waals surface area contributed by atoms with Crippen LogP contribution in [0.1, 0.15) is 57.9 Å². The first-order chi connectivity index (χ1) is 10.1. The van der Waals surface area contributed by atoms with E-state index in [0.29, 0.717) is 11.5 Å². The first kappa shape index (κ1) is 14.9. The zero-order valence-electron chi connectivity index (χ0n) is 13.7. The Morgan fingerprint density at radius 3 is 2.29 bits per heavy atom. The lowest BCUT2D eigenvalue weighted by atomic mass is 9.75. The van der Waals surface area contributed by atoms with E-state index in [1.807, 2.05) is 0 Å². The van der Waals surface area contributed by atoms with Gasteiger partial charge in [0, 0.05) is 18.3 Å². The van der Waals surface area contributed by atoms with Crippen LogP contribution in [0.3, 0.4) is 0 Å². The average Bonchev–Trinajstić information content (AvgIpc) is 2.96. The third-order valence-electron chi connectivity index (χ3n) is 5.27. The molecule has 0 unspecified atom stereocenters. The van der Waals surface area contributed by atoms with Crippen LogP contribution in [0.25, 0.3) is 0 Å². The van der Waals surface area contributed by atoms with Crippen LogP contribution in [0.4, 0.5) is 5.69 Å². The van der Waals surface area contributed by atoms with E-state index >= 15 is 0 Å². The van der Waals surface area contributed by atoms with E-state index in [1.54, 1.807) is 0 Å². The standard InChI is InChI=1S/C19H30N2/c1-19(2)11-9-18(10-12-19)20-17-7-5-16(6-8-17)15-21-13-3-4-14-21/h5-8,18,20H,3-4,9-15H2,1-2H3. The summed E-state index contributed by atoms with van der Waals surface area (Å²) >= 11 is 0. The number of benzene rings is 1. The Balaban J connectivity index is 1.50. The van der Waals surface area contributed by atoms with Gasteiger partial charge in [0.1, 0.15) is 0 Å². The predicted molar refractivity (Wildman–Crippen MR) is 90.6 cm³/mol. The maximum absolute atomic E-state index is 3.73. The fourth-order valence-corrected chi connectivity index (χ4v) is 3.68. The van der Waals surface area contributed by atoms with Crippen molar-refractivity contribution >= 4 is 5.69 Å². The van der Waals surface area contributed by atoms with Crippen molar-refractivity contribution in [3.63, 3.8) is 0 Å². The Hall–Kier alpha value is -1.02. The summed E-state index contributed by atoms with van der Waals surface area (Å²) in [6.07, 6.45) is 8.05. The van der Waals surface area contributed by atoms with Gasteiger partial charge in [-0.15, -0.1) is 0 Å². The van der Waals surface area contributed by atoms with Crippen molar-refractivity contribution < 1.29 is 0 Å². The molecule has 0 bridgehead atoms. The average molecular weight is 286 g/mol. The van der Waals surface area contributed by atoms with E-state index in [2.05, 4.69) is 48.3 Å². The van der Waals surface area contributed by atoms with Crippen LogP contribution in [0.2, 0.25) is 0 Å². The highest BCUT2D eigenvalue weighted by molar-refractivity contribution is 5.45. The molecule has 21 heavy (non-hydrogen) atoms. The minimum Gasteiger partial charge on any atom is -0.382 e. The molecule has 1 aromatic rings. The Kier molecular flexibility index (Phi) is 4.54. The molecule has 1 aromatic carbocycles. The summed E-state index contributed by atoms with van der Waals surface area (Å²) in [5.74, 6) is 0. The van der Waals surface area contributed by atoms with E-state index < -0.39 is 0 Å². The fraction of sp³-hybridized carbons (Fsp3) is 0.684. The molecule has 1 N–H and O–H groups in total. The van der Waals surface area contributed by atoms with Gasteiger partial charge < -0.3 is 5.32 Å². The van der Waals surface area contributed by atoms with Crippen molar-refractivity contribution in [1.29, 1.82) is 0 Å². The van der Waals surface area contributed by atoms with Crippen LogP contribution in [0.5, 0.6) is 0 Å². The molecule has 0 spiro atoms. The molecule has 2 aliphatic rings. The summed E-state index contributed by atoms with van der Waals surface area (Å²) < 4.78 is 0. The maximum atomic E-state index is 3.73. The van der Waals surface area contributed by atoms with E-state index in [0.717, 1.165) is 6.54 Å². The summed E-state index contributed by atoms with van der Waals surface area (Å²) in [4.78, 5) is 2.56. The van der Waals surface area contributed by atoms with Gasteiger partial charge >= 0.3 is 0 Å². The molecule has 0 radical (unpaired) electrons. The summed E-state index contributed by atoms with van der Waals surface area (Å²) in [5, 5.41) is 3.73. The lowest BCUT2D eigenvalue weighted by Gasteiger charge is -2.35. The molecular formula is C19H30N2. The number of likely N-dealkylation sites (tertiary alicyclic amines) is 1. The molecule has 0 amide bonds. The third kappa shape index (κ3) is 4.23. The molecule has 3 rings (SSSR count). The Labute approximate surface area is 129 Å². The van der Waals surface area contributed by atoms with Crippen molar-refractivity contribution in [3.05, 3.63) is 29.8 Å². The van der Waals surface area contributed by atoms with E-state index in [-0.39, 0.29) is 0 Å². The number of nitrogens with one attached hydrogen (secondary N) is 1. The maximum Gasteiger partial charge on any atom is 0.0342 e. The van der Waals surface area contributed by atoms with Crippen LogP contribution in [-0.2, 0) is 6.54 Å². The second-order valence-electron chi connectivity index (χ2n) is 7.76. The van der Waals surface area contributed by atoms with Crippen LogP contribution in [-0.4, -0.2) is 24.0 Å². The van der Waals surface area contributed by atoms with Gasteiger partial charge in [0.15, 0.2) is 0 Å². The quantitative estimate of drug-likeness (QED) is 0.865. The smallest absolute Gasteiger partial charge is 0.0342 e. The highest BCUT2D eigenvalue weighted by atomic mass is 15.1. The lowest BCUT2D eigenvalue weighted by Crippen LogP contribution is -2.29. The molecule has 2 fully saturated rings. The Morgan fingerprint density at radius 2 is 1.67 bits per heavy atom. The van der Waals surface area contributed by atoms with Gasteiger partial charge in [-0.25, -0.2) is 0 Å². The number of hydrogen-bond acceptors (Lipinski definition) is 2. The molecule has 1 aliphatic heterocycles. The monoisotopic (exact) mass is 286 g/mol. The van der Waals surface area contributed by atoms with E-state index in [9.17, 15) is 0 Å². The molecule has 1 saturated heterocycles. The summed E-state index contributed by atoms with van der Waals surface area (Å²) in [7, 11) is 0. The highest BCUT2D eigenvalue weighted by Crippen LogP contribution is 2.36. The third-order valence-corrected chi connectivity index (χ3v) is 5.27. The SMILES string of the molecule is CC1(C)CCC(Nc2ccc(CN3CCCC3)cc2)CC1. The number of rotatable bonds is 4. The first-order valence-electron chi connectivity index (χ1n) is 8.69. The zero-order chi connectivity index (χ0) is 14.7. The van der Waals surface area contributed by atoms with Gasteiger partial charge in [-0.1, -0.05) is 26.0 Å². The Bertz CT molecular complexity index is 433. The van der Waals surface area contributed by atoms with Crippen molar-refractivity contribution in [2.24, 2.45) is 5.41 Å². The second-order valence-corrected chi connectivity index (χ2v) is 7.76. The molecule has 1 saturated carbocycles. The van der Waals surface area contributed by atoms with Gasteiger partial charge in [-0.2, -0.15) is 0 Å². The summed E-state index contributed by atoms with van der Waals surface area (Å²) in [5.41, 5.74) is 3.30.